The Morgan fingerprint density at radius 2 is 2.06 bits per heavy atom. The molecule has 1 aliphatic carbocycles. The van der Waals surface area contributed by atoms with Crippen LogP contribution < -0.4 is 5.32 Å². The molecule has 0 aromatic heterocycles. The number of rotatable bonds is 6. The Morgan fingerprint density at radius 3 is 2.50 bits per heavy atom. The van der Waals surface area contributed by atoms with Gasteiger partial charge in [-0.25, -0.2) is 4.79 Å². The Hall–Kier alpha value is -1.30. The molecule has 0 saturated heterocycles. The fourth-order valence-corrected chi connectivity index (χ4v) is 1.64. The minimum absolute atomic E-state index is 0.0371. The van der Waals surface area contributed by atoms with Crippen LogP contribution in [0.1, 0.15) is 25.7 Å². The second kappa shape index (κ2) is 6.32. The number of carbonyl (C=O) groups excluding carboxylic acids is 1. The van der Waals surface area contributed by atoms with E-state index < -0.39 is 5.97 Å². The molecule has 0 unspecified atom stereocenters. The molecule has 3 N–H and O–H groups in total. The summed E-state index contributed by atoms with van der Waals surface area (Å²) in [6, 6.07) is -0.138. The lowest BCUT2D eigenvalue weighted by Crippen LogP contribution is -2.50. The van der Waals surface area contributed by atoms with Crippen molar-refractivity contribution in [2.75, 3.05) is 19.7 Å². The molecule has 0 bridgehead atoms. The summed E-state index contributed by atoms with van der Waals surface area (Å²) >= 11 is 0. The first-order chi connectivity index (χ1) is 7.65. The minimum Gasteiger partial charge on any atom is -0.480 e. The van der Waals surface area contributed by atoms with Crippen molar-refractivity contribution in [1.29, 1.82) is 0 Å². The first kappa shape index (κ1) is 12.8. The average molecular weight is 230 g/mol. The fourth-order valence-electron chi connectivity index (χ4n) is 1.64. The minimum atomic E-state index is -1.05. The molecule has 0 aliphatic heterocycles. The number of nitrogens with zero attached hydrogens (tertiary/aromatic N) is 1. The third kappa shape index (κ3) is 3.69. The molecule has 0 spiro atoms. The van der Waals surface area contributed by atoms with Crippen LogP contribution in [-0.4, -0.2) is 52.9 Å². The van der Waals surface area contributed by atoms with Crippen LogP contribution in [0.2, 0.25) is 0 Å². The highest BCUT2D eigenvalue weighted by molar-refractivity contribution is 5.80. The van der Waals surface area contributed by atoms with E-state index in [1.807, 2.05) is 0 Å². The summed E-state index contributed by atoms with van der Waals surface area (Å²) in [6.07, 6.45) is 3.56. The second-order valence-electron chi connectivity index (χ2n) is 3.91. The summed E-state index contributed by atoms with van der Waals surface area (Å²) in [7, 11) is 0. The molecular formula is C10H18N2O4. The highest BCUT2D eigenvalue weighted by Gasteiger charge is 2.28. The zero-order valence-corrected chi connectivity index (χ0v) is 9.19. The predicted octanol–water partition coefficient (Wildman–Crippen LogP) is 0.0175. The molecular weight excluding hydrogens is 212 g/mol. The van der Waals surface area contributed by atoms with Crippen LogP contribution in [0, 0.1) is 0 Å². The van der Waals surface area contributed by atoms with E-state index in [0.29, 0.717) is 13.0 Å². The van der Waals surface area contributed by atoms with Gasteiger partial charge in [0.2, 0.25) is 0 Å². The topological polar surface area (TPSA) is 89.9 Å². The van der Waals surface area contributed by atoms with E-state index in [-0.39, 0.29) is 25.2 Å². The van der Waals surface area contributed by atoms with Gasteiger partial charge in [0.05, 0.1) is 0 Å². The molecule has 1 saturated carbocycles. The first-order valence-electron chi connectivity index (χ1n) is 5.52. The molecule has 0 radical (unpaired) electrons. The van der Waals surface area contributed by atoms with Crippen molar-refractivity contribution in [3.63, 3.8) is 0 Å². The van der Waals surface area contributed by atoms with Gasteiger partial charge in [-0.15, -0.1) is 0 Å². The lowest BCUT2D eigenvalue weighted by molar-refractivity contribution is -0.135. The molecule has 92 valence electrons. The van der Waals surface area contributed by atoms with Gasteiger partial charge in [-0.1, -0.05) is 0 Å². The predicted molar refractivity (Wildman–Crippen MR) is 57.1 cm³/mol. The highest BCUT2D eigenvalue weighted by Crippen LogP contribution is 2.24. The Kier molecular flexibility index (Phi) is 5.04. The summed E-state index contributed by atoms with van der Waals surface area (Å²) in [5.74, 6) is -1.05. The molecule has 2 amide bonds. The van der Waals surface area contributed by atoms with E-state index >= 15 is 0 Å². The zero-order valence-electron chi connectivity index (χ0n) is 9.19. The van der Waals surface area contributed by atoms with Gasteiger partial charge in [-0.05, 0) is 25.7 Å². The quantitative estimate of drug-likeness (QED) is 0.600. The van der Waals surface area contributed by atoms with E-state index in [1.54, 1.807) is 4.90 Å². The molecule has 1 fully saturated rings. The van der Waals surface area contributed by atoms with Crippen molar-refractivity contribution in [2.24, 2.45) is 0 Å². The number of hydrogen-bond donors (Lipinski definition) is 3. The highest BCUT2D eigenvalue weighted by atomic mass is 16.4. The second-order valence-corrected chi connectivity index (χ2v) is 3.91. The molecule has 1 aliphatic rings. The van der Waals surface area contributed by atoms with Crippen molar-refractivity contribution >= 4 is 12.0 Å². The van der Waals surface area contributed by atoms with Crippen LogP contribution in [-0.2, 0) is 4.79 Å². The number of hydrogen-bond acceptors (Lipinski definition) is 3. The number of urea groups is 1. The maximum atomic E-state index is 11.7. The standard InChI is InChI=1S/C10H18N2O4/c13-6-2-5-12(8-3-1-4-8)10(16)11-7-9(14)15/h8,13H,1-7H2,(H,11,16)(H,14,15). The summed E-state index contributed by atoms with van der Waals surface area (Å²) in [6.45, 7) is 0.156. The number of aliphatic carboxylic acids is 1. The molecule has 0 aromatic carbocycles. The number of carboxylic acid groups (broad SMARTS) is 1. The number of aliphatic hydroxyl groups excluding tert-OH is 1. The van der Waals surface area contributed by atoms with Crippen LogP contribution in [0.25, 0.3) is 0 Å². The van der Waals surface area contributed by atoms with E-state index in [1.165, 1.54) is 0 Å². The maximum Gasteiger partial charge on any atom is 0.323 e. The largest absolute Gasteiger partial charge is 0.480 e. The van der Waals surface area contributed by atoms with Crippen molar-refractivity contribution in [3.05, 3.63) is 0 Å². The number of carboxylic acids is 1. The van der Waals surface area contributed by atoms with Gasteiger partial charge in [-0.2, -0.15) is 0 Å². The molecule has 6 nitrogen and oxygen atoms in total. The van der Waals surface area contributed by atoms with E-state index in [2.05, 4.69) is 5.32 Å². The summed E-state index contributed by atoms with van der Waals surface area (Å²) in [4.78, 5) is 23.6. The number of nitrogens with one attached hydrogen (secondary N) is 1. The monoisotopic (exact) mass is 230 g/mol. The lowest BCUT2D eigenvalue weighted by Gasteiger charge is -2.37. The smallest absolute Gasteiger partial charge is 0.323 e. The Morgan fingerprint density at radius 1 is 1.38 bits per heavy atom. The number of carbonyl (C=O) groups is 2. The average Bonchev–Trinajstić information content (AvgIpc) is 2.17. The van der Waals surface area contributed by atoms with Crippen LogP contribution in [0.4, 0.5) is 4.79 Å². The fraction of sp³-hybridized carbons (Fsp3) is 0.800. The van der Waals surface area contributed by atoms with Crippen molar-refractivity contribution in [1.82, 2.24) is 10.2 Å². The van der Waals surface area contributed by atoms with Crippen molar-refractivity contribution < 1.29 is 19.8 Å². The van der Waals surface area contributed by atoms with Crippen LogP contribution in [0.5, 0.6) is 0 Å². The Balaban J connectivity index is 2.39. The summed E-state index contributed by atoms with van der Waals surface area (Å²) in [5, 5.41) is 19.5. The Labute approximate surface area is 94.2 Å². The molecule has 0 heterocycles. The van der Waals surface area contributed by atoms with Gasteiger partial charge in [0.25, 0.3) is 0 Å². The van der Waals surface area contributed by atoms with Crippen LogP contribution >= 0.6 is 0 Å². The van der Waals surface area contributed by atoms with Gasteiger partial charge in [-0.3, -0.25) is 4.79 Å². The normalized spacial score (nSPS) is 15.3. The zero-order chi connectivity index (χ0) is 12.0. The van der Waals surface area contributed by atoms with E-state index in [4.69, 9.17) is 10.2 Å². The van der Waals surface area contributed by atoms with E-state index in [9.17, 15) is 9.59 Å². The van der Waals surface area contributed by atoms with Gasteiger partial charge >= 0.3 is 12.0 Å². The molecule has 0 atom stereocenters. The molecule has 0 aromatic rings. The third-order valence-electron chi connectivity index (χ3n) is 2.72. The van der Waals surface area contributed by atoms with Crippen molar-refractivity contribution in [2.45, 2.75) is 31.7 Å². The molecule has 1 rings (SSSR count). The van der Waals surface area contributed by atoms with E-state index in [0.717, 1.165) is 19.3 Å². The van der Waals surface area contributed by atoms with Crippen LogP contribution in [0.3, 0.4) is 0 Å². The molecule has 6 heteroatoms. The van der Waals surface area contributed by atoms with Crippen molar-refractivity contribution in [3.8, 4) is 0 Å². The SMILES string of the molecule is O=C(O)CNC(=O)N(CCCO)C1CCC1. The Bertz CT molecular complexity index is 253. The summed E-state index contributed by atoms with van der Waals surface area (Å²) in [5.41, 5.74) is 0. The van der Waals surface area contributed by atoms with Crippen LogP contribution in [0.15, 0.2) is 0 Å². The molecule has 16 heavy (non-hydrogen) atoms. The lowest BCUT2D eigenvalue weighted by atomic mass is 9.91. The van der Waals surface area contributed by atoms with Gasteiger partial charge in [0.1, 0.15) is 6.54 Å². The third-order valence-corrected chi connectivity index (χ3v) is 2.72. The number of aliphatic hydroxyl groups is 1. The van der Waals surface area contributed by atoms with Gasteiger partial charge in [0.15, 0.2) is 0 Å². The van der Waals surface area contributed by atoms with Gasteiger partial charge in [0, 0.05) is 19.2 Å². The maximum absolute atomic E-state index is 11.7. The first-order valence-corrected chi connectivity index (χ1v) is 5.52. The summed E-state index contributed by atoms with van der Waals surface area (Å²) < 4.78 is 0. The van der Waals surface area contributed by atoms with Gasteiger partial charge < -0.3 is 20.4 Å². The number of amides is 2.